The third-order valence-corrected chi connectivity index (χ3v) is 13.0. The van der Waals surface area contributed by atoms with Crippen molar-refractivity contribution in [1.82, 2.24) is 4.57 Å². The maximum absolute atomic E-state index is 2.43. The number of hydrogen-bond acceptors (Lipinski definition) is 1. The Hall–Kier alpha value is -8.72. The fourth-order valence-corrected chi connectivity index (χ4v) is 9.72. The van der Waals surface area contributed by atoms with E-state index in [2.05, 4.69) is 276 Å². The zero-order valence-electron chi connectivity index (χ0n) is 36.3. The van der Waals surface area contributed by atoms with E-state index in [1.807, 2.05) is 0 Å². The van der Waals surface area contributed by atoms with Crippen molar-refractivity contribution in [2.45, 2.75) is 0 Å². The Morgan fingerprint density at radius 1 is 0.242 bits per heavy atom. The van der Waals surface area contributed by atoms with Crippen molar-refractivity contribution in [1.29, 1.82) is 0 Å². The SMILES string of the molecule is c1ccc(-c2ccc(N(c3ccc(-c4cc(-c5ccc6ccccc6c5)cc(-n5c6ccccc6c6ccccc65)c4)cc3)c3ccc(-c4ccccc4)c(-c4ccccc4)c3)cc2)cc1. The second kappa shape index (κ2) is 16.8. The summed E-state index contributed by atoms with van der Waals surface area (Å²) in [5.41, 5.74) is 18.6. The lowest BCUT2D eigenvalue weighted by molar-refractivity contribution is 1.18. The number of benzene rings is 11. The molecule has 0 radical (unpaired) electrons. The normalized spacial score (nSPS) is 11.3. The summed E-state index contributed by atoms with van der Waals surface area (Å²) >= 11 is 0. The predicted molar refractivity (Wildman–Crippen MR) is 280 cm³/mol. The molecule has 2 nitrogen and oxygen atoms in total. The lowest BCUT2D eigenvalue weighted by Gasteiger charge is -2.27. The molecule has 0 aliphatic carbocycles. The molecule has 0 aliphatic heterocycles. The summed E-state index contributed by atoms with van der Waals surface area (Å²) in [6.07, 6.45) is 0. The summed E-state index contributed by atoms with van der Waals surface area (Å²) < 4.78 is 2.43. The van der Waals surface area contributed by atoms with Gasteiger partial charge < -0.3 is 9.47 Å². The van der Waals surface area contributed by atoms with Crippen molar-refractivity contribution >= 4 is 49.6 Å². The van der Waals surface area contributed by atoms with Crippen molar-refractivity contribution in [2.75, 3.05) is 4.90 Å². The fourth-order valence-electron chi connectivity index (χ4n) is 9.72. The quantitative estimate of drug-likeness (QED) is 0.141. The van der Waals surface area contributed by atoms with Crippen LogP contribution in [0.4, 0.5) is 17.1 Å². The maximum Gasteiger partial charge on any atom is 0.0541 e. The van der Waals surface area contributed by atoms with Gasteiger partial charge in [0.2, 0.25) is 0 Å². The van der Waals surface area contributed by atoms with Crippen LogP contribution >= 0.6 is 0 Å². The van der Waals surface area contributed by atoms with Crippen molar-refractivity contribution in [3.63, 3.8) is 0 Å². The molecule has 11 aromatic carbocycles. The van der Waals surface area contributed by atoms with E-state index in [9.17, 15) is 0 Å². The number of fused-ring (bicyclic) bond motifs is 4. The van der Waals surface area contributed by atoms with Crippen LogP contribution in [0.5, 0.6) is 0 Å². The van der Waals surface area contributed by atoms with E-state index in [1.54, 1.807) is 0 Å². The van der Waals surface area contributed by atoms with Crippen molar-refractivity contribution in [2.24, 2.45) is 0 Å². The highest BCUT2D eigenvalue weighted by molar-refractivity contribution is 6.09. The van der Waals surface area contributed by atoms with Gasteiger partial charge in [-0.25, -0.2) is 0 Å². The lowest BCUT2D eigenvalue weighted by atomic mass is 9.93. The molecular weight excluding hydrogens is 797 g/mol. The van der Waals surface area contributed by atoms with Crippen LogP contribution in [0, 0.1) is 0 Å². The van der Waals surface area contributed by atoms with Crippen LogP contribution in [0.25, 0.3) is 93.9 Å². The second-order valence-corrected chi connectivity index (χ2v) is 17.0. The Kier molecular flexibility index (Phi) is 9.89. The summed E-state index contributed by atoms with van der Waals surface area (Å²) in [6, 6.07) is 97.0. The standard InChI is InChI=1S/C64H44N2/c1-4-16-45(17-5-1)47-30-34-55(35-31-47)65(57-38-39-59(49-19-6-2-7-20-49)62(44-57)50-21-8-3-9-22-50)56-36-32-48(33-37-56)53-41-54(52-29-28-46-18-10-11-23-51(46)40-52)43-58(42-53)66-63-26-14-12-24-60(63)61-25-13-15-27-64(61)66/h1-44H. The first-order valence-electron chi connectivity index (χ1n) is 22.7. The van der Waals surface area contributed by atoms with E-state index >= 15 is 0 Å². The molecule has 1 heterocycles. The number of nitrogens with zero attached hydrogens (tertiary/aromatic N) is 2. The van der Waals surface area contributed by atoms with E-state index < -0.39 is 0 Å². The number of hydrogen-bond donors (Lipinski definition) is 0. The van der Waals surface area contributed by atoms with Gasteiger partial charge in [0, 0.05) is 33.5 Å². The Morgan fingerprint density at radius 2 is 0.682 bits per heavy atom. The van der Waals surface area contributed by atoms with Gasteiger partial charge in [-0.15, -0.1) is 0 Å². The lowest BCUT2D eigenvalue weighted by Crippen LogP contribution is -2.10. The van der Waals surface area contributed by atoms with Crippen LogP contribution < -0.4 is 4.90 Å². The molecule has 0 saturated carbocycles. The maximum atomic E-state index is 2.43. The van der Waals surface area contributed by atoms with Gasteiger partial charge in [-0.05, 0) is 139 Å². The Bertz CT molecular complexity index is 3610. The van der Waals surface area contributed by atoms with Crippen LogP contribution in [0.1, 0.15) is 0 Å². The molecule has 12 aromatic rings. The Morgan fingerprint density at radius 3 is 1.29 bits per heavy atom. The molecule has 2 heteroatoms. The van der Waals surface area contributed by atoms with Gasteiger partial charge in [-0.1, -0.05) is 194 Å². The second-order valence-electron chi connectivity index (χ2n) is 17.0. The van der Waals surface area contributed by atoms with Crippen LogP contribution in [-0.2, 0) is 0 Å². The molecule has 0 N–H and O–H groups in total. The van der Waals surface area contributed by atoms with Gasteiger partial charge in [0.15, 0.2) is 0 Å². The highest BCUT2D eigenvalue weighted by Gasteiger charge is 2.19. The summed E-state index contributed by atoms with van der Waals surface area (Å²) in [5.74, 6) is 0. The molecule has 0 aliphatic rings. The zero-order valence-corrected chi connectivity index (χ0v) is 36.3. The minimum Gasteiger partial charge on any atom is -0.310 e. The molecule has 0 saturated heterocycles. The first-order valence-corrected chi connectivity index (χ1v) is 22.7. The van der Waals surface area contributed by atoms with E-state index in [4.69, 9.17) is 0 Å². The molecular formula is C64H44N2. The van der Waals surface area contributed by atoms with Gasteiger partial charge in [-0.3, -0.25) is 0 Å². The van der Waals surface area contributed by atoms with Gasteiger partial charge in [0.05, 0.1) is 11.0 Å². The molecule has 0 spiro atoms. The summed E-state index contributed by atoms with van der Waals surface area (Å²) in [6.45, 7) is 0. The zero-order chi connectivity index (χ0) is 43.8. The molecule has 1 aromatic heterocycles. The van der Waals surface area contributed by atoms with E-state index in [0.29, 0.717) is 0 Å². The number of aromatic nitrogens is 1. The minimum atomic E-state index is 1.07. The topological polar surface area (TPSA) is 8.17 Å². The first-order chi connectivity index (χ1) is 32.7. The van der Waals surface area contributed by atoms with Gasteiger partial charge in [0.25, 0.3) is 0 Å². The summed E-state index contributed by atoms with van der Waals surface area (Å²) in [5, 5.41) is 4.96. The van der Waals surface area contributed by atoms with E-state index in [1.165, 1.54) is 77.1 Å². The first kappa shape index (κ1) is 38.9. The number of para-hydroxylation sites is 2. The summed E-state index contributed by atoms with van der Waals surface area (Å²) in [4.78, 5) is 2.38. The molecule has 0 atom stereocenters. The van der Waals surface area contributed by atoms with Crippen molar-refractivity contribution in [3.8, 4) is 61.3 Å². The van der Waals surface area contributed by atoms with Gasteiger partial charge in [0.1, 0.15) is 0 Å². The van der Waals surface area contributed by atoms with Gasteiger partial charge >= 0.3 is 0 Å². The highest BCUT2D eigenvalue weighted by Crippen LogP contribution is 2.43. The van der Waals surface area contributed by atoms with Crippen LogP contribution in [0.3, 0.4) is 0 Å². The largest absolute Gasteiger partial charge is 0.310 e. The molecule has 66 heavy (non-hydrogen) atoms. The number of anilines is 3. The van der Waals surface area contributed by atoms with Crippen LogP contribution in [0.15, 0.2) is 267 Å². The number of rotatable bonds is 9. The van der Waals surface area contributed by atoms with Gasteiger partial charge in [-0.2, -0.15) is 0 Å². The monoisotopic (exact) mass is 840 g/mol. The molecule has 0 unspecified atom stereocenters. The Labute approximate surface area is 385 Å². The molecule has 0 fully saturated rings. The third-order valence-electron chi connectivity index (χ3n) is 13.0. The molecule has 12 rings (SSSR count). The predicted octanol–water partition coefficient (Wildman–Crippen LogP) is 17.7. The van der Waals surface area contributed by atoms with E-state index in [-0.39, 0.29) is 0 Å². The van der Waals surface area contributed by atoms with E-state index in [0.717, 1.165) is 33.9 Å². The smallest absolute Gasteiger partial charge is 0.0541 e. The van der Waals surface area contributed by atoms with Crippen molar-refractivity contribution in [3.05, 3.63) is 267 Å². The molecule has 310 valence electrons. The Balaban J connectivity index is 1.01. The average Bonchev–Trinajstić information content (AvgIpc) is 3.74. The summed E-state index contributed by atoms with van der Waals surface area (Å²) in [7, 11) is 0. The third kappa shape index (κ3) is 7.21. The van der Waals surface area contributed by atoms with Crippen molar-refractivity contribution < 1.29 is 0 Å². The minimum absolute atomic E-state index is 1.07. The molecule has 0 amide bonds. The van der Waals surface area contributed by atoms with Crippen LogP contribution in [-0.4, -0.2) is 4.57 Å². The highest BCUT2D eigenvalue weighted by atomic mass is 15.1. The average molecular weight is 841 g/mol. The molecule has 0 bridgehead atoms. The fraction of sp³-hybridized carbons (Fsp3) is 0. The van der Waals surface area contributed by atoms with Crippen LogP contribution in [0.2, 0.25) is 0 Å².